The van der Waals surface area contributed by atoms with Crippen LogP contribution >= 0.6 is 11.6 Å². The van der Waals surface area contributed by atoms with E-state index in [4.69, 9.17) is 21.1 Å². The van der Waals surface area contributed by atoms with E-state index in [1.165, 1.54) is 35.1 Å². The van der Waals surface area contributed by atoms with Crippen molar-refractivity contribution in [1.82, 2.24) is 9.80 Å². The molecule has 0 N–H and O–H groups in total. The van der Waals surface area contributed by atoms with Crippen molar-refractivity contribution in [2.24, 2.45) is 5.92 Å². The van der Waals surface area contributed by atoms with Crippen LogP contribution < -0.4 is 9.47 Å². The van der Waals surface area contributed by atoms with Crippen molar-refractivity contribution in [3.8, 4) is 11.5 Å². The van der Waals surface area contributed by atoms with Crippen LogP contribution in [0.15, 0.2) is 42.5 Å². The molecule has 208 valence electrons. The van der Waals surface area contributed by atoms with E-state index in [1.807, 2.05) is 0 Å². The monoisotopic (exact) mass is 554 g/mol. The number of halogens is 4. The van der Waals surface area contributed by atoms with Gasteiger partial charge in [0.15, 0.2) is 5.92 Å². The number of nitrogens with zero attached hydrogens (tertiary/aromatic N) is 2. The van der Waals surface area contributed by atoms with Crippen molar-refractivity contribution in [3.63, 3.8) is 0 Å². The number of alkyl halides is 3. The van der Waals surface area contributed by atoms with Gasteiger partial charge >= 0.3 is 6.18 Å². The molecule has 0 bridgehead atoms. The van der Waals surface area contributed by atoms with Crippen molar-refractivity contribution >= 4 is 23.4 Å². The maximum Gasteiger partial charge on any atom is 0.404 e. The molecule has 1 heterocycles. The quantitative estimate of drug-likeness (QED) is 0.329. The molecular formula is C28H34ClF3N2O4. The van der Waals surface area contributed by atoms with Gasteiger partial charge in [-0.05, 0) is 67.5 Å². The molecule has 2 aromatic rings. The molecule has 10 heteroatoms. The van der Waals surface area contributed by atoms with E-state index in [0.717, 1.165) is 19.3 Å². The topological polar surface area (TPSA) is 59.1 Å². The molecule has 2 aromatic carbocycles. The molecule has 0 aromatic heterocycles. The van der Waals surface area contributed by atoms with Crippen LogP contribution in [0.2, 0.25) is 5.02 Å². The second-order valence-electron chi connectivity index (χ2n) is 9.71. The molecular weight excluding hydrogens is 521 g/mol. The van der Waals surface area contributed by atoms with Gasteiger partial charge in [0, 0.05) is 27.2 Å². The van der Waals surface area contributed by atoms with E-state index in [9.17, 15) is 22.8 Å². The number of methoxy groups -OCH3 is 1. The Morgan fingerprint density at radius 2 is 1.79 bits per heavy atom. The van der Waals surface area contributed by atoms with Crippen molar-refractivity contribution in [2.45, 2.75) is 44.2 Å². The maximum absolute atomic E-state index is 13.9. The summed E-state index contributed by atoms with van der Waals surface area (Å²) in [6, 6.07) is 10.6. The zero-order chi connectivity index (χ0) is 27.9. The molecule has 1 unspecified atom stereocenters. The zero-order valence-electron chi connectivity index (χ0n) is 21.9. The molecule has 1 saturated heterocycles. The van der Waals surface area contributed by atoms with E-state index in [2.05, 4.69) is 0 Å². The van der Waals surface area contributed by atoms with Crippen molar-refractivity contribution < 1.29 is 32.2 Å². The number of unbranched alkanes of at least 4 members (excludes halogenated alkanes) is 1. The molecule has 2 amide bonds. The highest BCUT2D eigenvalue weighted by Gasteiger charge is 2.48. The normalized spacial score (nSPS) is 15.2. The second kappa shape index (κ2) is 13.2. The van der Waals surface area contributed by atoms with Crippen LogP contribution in [0.4, 0.5) is 13.2 Å². The van der Waals surface area contributed by atoms with Crippen LogP contribution in [0.1, 0.15) is 53.9 Å². The number of piperidine rings is 1. The Bertz CT molecular complexity index is 1100. The highest BCUT2D eigenvalue weighted by atomic mass is 35.5. The summed E-state index contributed by atoms with van der Waals surface area (Å²) in [5.74, 6) is -2.06. The molecule has 1 fully saturated rings. The van der Waals surface area contributed by atoms with E-state index in [1.54, 1.807) is 38.4 Å². The highest BCUT2D eigenvalue weighted by Crippen LogP contribution is 2.38. The standard InChI is InChI=1S/C28H34ClF3N2O4/c1-33(2)26(35)23-11-10-22(18-24(23)29)38-16-5-4-7-19-12-14-34(15-13-19)27(36)25(28(30,31)32)20-8-6-9-21(17-20)37-3/h6,8-11,17-19,25H,4-5,7,12-16H2,1-3H3. The first-order chi connectivity index (χ1) is 18.0. The number of carbonyl (C=O) groups excluding carboxylic acids is 2. The van der Waals surface area contributed by atoms with Gasteiger partial charge in [0.2, 0.25) is 5.91 Å². The largest absolute Gasteiger partial charge is 0.497 e. The zero-order valence-corrected chi connectivity index (χ0v) is 22.6. The van der Waals surface area contributed by atoms with Crippen LogP contribution in [0.25, 0.3) is 0 Å². The molecule has 6 nitrogen and oxygen atoms in total. The summed E-state index contributed by atoms with van der Waals surface area (Å²) in [4.78, 5) is 27.8. The van der Waals surface area contributed by atoms with Crippen LogP contribution in [-0.2, 0) is 4.79 Å². The summed E-state index contributed by atoms with van der Waals surface area (Å²) >= 11 is 6.21. The molecule has 38 heavy (non-hydrogen) atoms. The molecule has 0 radical (unpaired) electrons. The Morgan fingerprint density at radius 1 is 1.08 bits per heavy atom. The van der Waals surface area contributed by atoms with E-state index < -0.39 is 18.0 Å². The number of carbonyl (C=O) groups is 2. The predicted octanol–water partition coefficient (Wildman–Crippen LogP) is 6.18. The van der Waals surface area contributed by atoms with Crippen LogP contribution in [0.3, 0.4) is 0 Å². The van der Waals surface area contributed by atoms with E-state index in [0.29, 0.717) is 54.8 Å². The Kier molecular flexibility index (Phi) is 10.3. The van der Waals surface area contributed by atoms with Crippen molar-refractivity contribution in [1.29, 1.82) is 0 Å². The van der Waals surface area contributed by atoms with Crippen LogP contribution in [0, 0.1) is 5.92 Å². The van der Waals surface area contributed by atoms with Gasteiger partial charge in [-0.15, -0.1) is 0 Å². The molecule has 3 rings (SSSR count). The first-order valence-electron chi connectivity index (χ1n) is 12.6. The molecule has 0 spiro atoms. The summed E-state index contributed by atoms with van der Waals surface area (Å²) in [5.41, 5.74) is 0.308. The summed E-state index contributed by atoms with van der Waals surface area (Å²) in [6.45, 7) is 1.11. The number of benzene rings is 2. The van der Waals surface area contributed by atoms with Gasteiger partial charge in [-0.2, -0.15) is 13.2 Å². The van der Waals surface area contributed by atoms with Crippen LogP contribution in [0.5, 0.6) is 11.5 Å². The smallest absolute Gasteiger partial charge is 0.404 e. The minimum Gasteiger partial charge on any atom is -0.497 e. The van der Waals surface area contributed by atoms with Gasteiger partial charge in [0.25, 0.3) is 5.91 Å². The predicted molar refractivity (Wildman–Crippen MR) is 140 cm³/mol. The summed E-state index contributed by atoms with van der Waals surface area (Å²) < 4.78 is 52.4. The highest BCUT2D eigenvalue weighted by molar-refractivity contribution is 6.34. The first kappa shape index (κ1) is 29.6. The number of ether oxygens (including phenoxy) is 2. The fraction of sp³-hybridized carbons (Fsp3) is 0.500. The average Bonchev–Trinajstić information content (AvgIpc) is 2.88. The third-order valence-electron chi connectivity index (χ3n) is 6.78. The second-order valence-corrected chi connectivity index (χ2v) is 10.1. The molecule has 0 saturated carbocycles. The lowest BCUT2D eigenvalue weighted by molar-refractivity contribution is -0.172. The first-order valence-corrected chi connectivity index (χ1v) is 13.0. The van der Waals surface area contributed by atoms with Gasteiger partial charge < -0.3 is 19.3 Å². The average molecular weight is 555 g/mol. The molecule has 1 aliphatic heterocycles. The van der Waals surface area contributed by atoms with Gasteiger partial charge in [-0.1, -0.05) is 30.2 Å². The summed E-state index contributed by atoms with van der Waals surface area (Å²) in [7, 11) is 4.70. The fourth-order valence-electron chi connectivity index (χ4n) is 4.64. The van der Waals surface area contributed by atoms with Gasteiger partial charge in [0.1, 0.15) is 11.5 Å². The van der Waals surface area contributed by atoms with Crippen molar-refractivity contribution in [3.05, 3.63) is 58.6 Å². The summed E-state index contributed by atoms with van der Waals surface area (Å²) in [6.07, 6.45) is -0.716. The van der Waals surface area contributed by atoms with Gasteiger partial charge in [-0.25, -0.2) is 0 Å². The van der Waals surface area contributed by atoms with Gasteiger partial charge in [0.05, 0.1) is 24.3 Å². The minimum absolute atomic E-state index is 0.107. The third-order valence-corrected chi connectivity index (χ3v) is 7.09. The fourth-order valence-corrected chi connectivity index (χ4v) is 4.89. The number of likely N-dealkylation sites (tertiary alicyclic amines) is 1. The summed E-state index contributed by atoms with van der Waals surface area (Å²) in [5, 5.41) is 0.335. The van der Waals surface area contributed by atoms with E-state index >= 15 is 0 Å². The minimum atomic E-state index is -4.69. The van der Waals surface area contributed by atoms with Gasteiger partial charge in [-0.3, -0.25) is 9.59 Å². The molecule has 1 atom stereocenters. The Balaban J connectivity index is 1.43. The third kappa shape index (κ3) is 7.79. The van der Waals surface area contributed by atoms with Crippen molar-refractivity contribution in [2.75, 3.05) is 40.9 Å². The lowest BCUT2D eigenvalue weighted by atomic mass is 9.90. The Hall–Kier alpha value is -2.94. The number of hydrogen-bond acceptors (Lipinski definition) is 4. The molecule has 1 aliphatic rings. The van der Waals surface area contributed by atoms with E-state index in [-0.39, 0.29) is 17.2 Å². The van der Waals surface area contributed by atoms with Crippen LogP contribution in [-0.4, -0.2) is 68.7 Å². The Labute approximate surface area is 226 Å². The number of amides is 2. The Morgan fingerprint density at radius 3 is 2.39 bits per heavy atom. The molecule has 0 aliphatic carbocycles. The number of hydrogen-bond donors (Lipinski definition) is 0. The number of rotatable bonds is 10. The maximum atomic E-state index is 13.9. The SMILES string of the molecule is COc1cccc(C(C(=O)N2CCC(CCCCOc3ccc(C(=O)N(C)C)c(Cl)c3)CC2)C(F)(F)F)c1. The lowest BCUT2D eigenvalue weighted by Gasteiger charge is -2.35. The lowest BCUT2D eigenvalue weighted by Crippen LogP contribution is -2.44.